The van der Waals surface area contributed by atoms with Gasteiger partial charge in [-0.05, 0) is 73.5 Å². The lowest BCUT2D eigenvalue weighted by molar-refractivity contribution is -0.661. The molecule has 0 unspecified atom stereocenters. The Hall–Kier alpha value is -3.29. The number of nitrogens with zero attached hydrogens (tertiary/aromatic N) is 6. The first-order valence-electron chi connectivity index (χ1n) is 17.6. The number of ether oxygens (including phenoxy) is 1. The first-order chi connectivity index (χ1) is 24.1. The molecule has 8 nitrogen and oxygen atoms in total. The quantitative estimate of drug-likeness (QED) is 0.0842. The molecule has 1 aliphatic rings. The summed E-state index contributed by atoms with van der Waals surface area (Å²) in [6, 6.07) is 29.1. The molecule has 10 heteroatoms. The number of rotatable bonds is 17. The van der Waals surface area contributed by atoms with E-state index in [9.17, 15) is 0 Å². The third-order valence-electron chi connectivity index (χ3n) is 9.28. The number of aryl methyl sites for hydroxylation is 2. The van der Waals surface area contributed by atoms with Crippen LogP contribution >= 0.6 is 11.8 Å². The van der Waals surface area contributed by atoms with Crippen LogP contribution in [-0.4, -0.2) is 58.4 Å². The topological polar surface area (TPSA) is 70.5 Å². The lowest BCUT2D eigenvalue weighted by Gasteiger charge is -2.18. The molecule has 1 aliphatic heterocycles. The summed E-state index contributed by atoms with van der Waals surface area (Å²) in [5.74, 6) is 0. The summed E-state index contributed by atoms with van der Waals surface area (Å²) < 4.78 is 9.80. The zero-order valence-corrected chi connectivity index (χ0v) is 32.4. The van der Waals surface area contributed by atoms with Crippen molar-refractivity contribution >= 4 is 34.4 Å². The number of aromatic nitrogens is 4. The van der Waals surface area contributed by atoms with E-state index in [4.69, 9.17) is 9.84 Å². The van der Waals surface area contributed by atoms with Gasteiger partial charge >= 0.3 is 0 Å². The zero-order chi connectivity index (χ0) is 34.0. The number of hydrogen-bond donors (Lipinski definition) is 1. The minimum absolute atomic E-state index is 0. The van der Waals surface area contributed by atoms with Gasteiger partial charge in [-0.25, -0.2) is 0 Å². The first-order valence-corrected chi connectivity index (χ1v) is 18.5. The third-order valence-corrected chi connectivity index (χ3v) is 10.4. The third kappa shape index (κ3) is 9.33. The van der Waals surface area contributed by atoms with E-state index < -0.39 is 0 Å². The second-order valence-corrected chi connectivity index (χ2v) is 13.6. The molecule has 0 radical (unpaired) electrons. The van der Waals surface area contributed by atoms with Gasteiger partial charge in [0.05, 0.1) is 42.1 Å². The van der Waals surface area contributed by atoms with Crippen molar-refractivity contribution in [2.75, 3.05) is 38.3 Å². The fourth-order valence-electron chi connectivity index (χ4n) is 6.50. The average molecular weight is 805 g/mol. The predicted molar refractivity (Wildman–Crippen MR) is 200 cm³/mol. The van der Waals surface area contributed by atoms with Gasteiger partial charge in [0.1, 0.15) is 12.2 Å². The van der Waals surface area contributed by atoms with Crippen LogP contribution in [0.4, 0.5) is 5.69 Å². The lowest BCUT2D eigenvalue weighted by atomic mass is 10.0. The molecule has 50 heavy (non-hydrogen) atoms. The number of pyridine rings is 1. The molecule has 3 aromatic carbocycles. The van der Waals surface area contributed by atoms with Crippen LogP contribution in [0.3, 0.4) is 0 Å². The minimum atomic E-state index is 0. The smallest absolute Gasteiger partial charge is 0.213 e. The van der Waals surface area contributed by atoms with E-state index in [0.29, 0.717) is 13.2 Å². The first kappa shape index (κ1) is 38.0. The molecule has 5 aromatic rings. The minimum Gasteiger partial charge on any atom is -1.00 e. The van der Waals surface area contributed by atoms with Crippen molar-refractivity contribution in [1.29, 1.82) is 0 Å². The highest BCUT2D eigenvalue weighted by molar-refractivity contribution is 8.03. The number of halogens is 1. The Morgan fingerprint density at radius 3 is 2.48 bits per heavy atom. The molecular weight excluding hydrogens is 755 g/mol. The Balaban J connectivity index is 0.00000486. The Bertz CT molecular complexity index is 1860. The van der Waals surface area contributed by atoms with Gasteiger partial charge in [0.25, 0.3) is 0 Å². The van der Waals surface area contributed by atoms with Crippen molar-refractivity contribution in [3.63, 3.8) is 0 Å². The van der Waals surface area contributed by atoms with E-state index in [1.165, 1.54) is 48.9 Å². The lowest BCUT2D eigenvalue weighted by Crippen LogP contribution is -3.00. The fraction of sp³-hybridized carbons (Fsp3) is 0.375. The van der Waals surface area contributed by atoms with Gasteiger partial charge in [-0.3, -0.25) is 9.58 Å². The summed E-state index contributed by atoms with van der Waals surface area (Å²) in [5.41, 5.74) is 8.41. The number of unbranched alkanes of at least 4 members (excludes halogenated alkanes) is 3. The highest BCUT2D eigenvalue weighted by atomic mass is 127. The van der Waals surface area contributed by atoms with Crippen LogP contribution < -0.4 is 33.4 Å². The van der Waals surface area contributed by atoms with Gasteiger partial charge in [0, 0.05) is 49.1 Å². The van der Waals surface area contributed by atoms with Crippen LogP contribution in [0.2, 0.25) is 0 Å². The molecule has 0 bridgehead atoms. The van der Waals surface area contributed by atoms with Crippen LogP contribution in [-0.2, 0) is 31.0 Å². The molecule has 6 rings (SSSR count). The number of aliphatic hydroxyl groups is 1. The molecule has 3 heterocycles. The van der Waals surface area contributed by atoms with Crippen LogP contribution in [0.5, 0.6) is 0 Å². The molecule has 264 valence electrons. The van der Waals surface area contributed by atoms with Crippen molar-refractivity contribution in [3.05, 3.63) is 107 Å². The summed E-state index contributed by atoms with van der Waals surface area (Å²) in [7, 11) is 2.17. The molecule has 0 atom stereocenters. The highest BCUT2D eigenvalue weighted by Crippen LogP contribution is 2.45. The molecule has 1 N–H and O–H groups in total. The Kier molecular flexibility index (Phi) is 14.3. The number of anilines is 1. The summed E-state index contributed by atoms with van der Waals surface area (Å²) in [4.78, 5) is 6.06. The highest BCUT2D eigenvalue weighted by Gasteiger charge is 2.24. The molecule has 0 aliphatic carbocycles. The summed E-state index contributed by atoms with van der Waals surface area (Å²) in [5, 5.41) is 19.8. The number of benzene rings is 3. The molecule has 0 amide bonds. The maximum atomic E-state index is 8.91. The Labute approximate surface area is 318 Å². The standard InChI is InChI=1S/C40H49N6O2S.HI/c1-4-44(5-2)28-31-18-20-32(21-19-31)38-26-33(27-40-43(3)37-16-10-11-17-39(37)49-40)35-14-8-9-15-36(35)46(38)23-13-7-6-12-22-45-29-34(41-42-45)30-48-25-24-47;/h8-11,14-21,26-27,29,47H,4-7,12-13,22-25,28,30H2,1-3H3;1H/q+1;/p-1. The molecule has 0 spiro atoms. The second-order valence-electron chi connectivity index (χ2n) is 12.6. The molecule has 2 aromatic heterocycles. The molecule has 0 saturated heterocycles. The van der Waals surface area contributed by atoms with Gasteiger partial charge < -0.3 is 38.7 Å². The summed E-state index contributed by atoms with van der Waals surface area (Å²) >= 11 is 1.84. The monoisotopic (exact) mass is 804 g/mol. The normalized spacial score (nSPS) is 13.4. The maximum Gasteiger partial charge on any atom is 0.213 e. The second kappa shape index (κ2) is 18.8. The zero-order valence-electron chi connectivity index (χ0n) is 29.5. The van der Waals surface area contributed by atoms with Gasteiger partial charge in [0.15, 0.2) is 0 Å². The Morgan fingerprint density at radius 2 is 1.70 bits per heavy atom. The van der Waals surface area contributed by atoms with Crippen LogP contribution in [0.25, 0.3) is 28.2 Å². The number of thioether (sulfide) groups is 1. The van der Waals surface area contributed by atoms with E-state index in [2.05, 4.69) is 131 Å². The van der Waals surface area contributed by atoms with E-state index in [0.717, 1.165) is 64.1 Å². The van der Waals surface area contributed by atoms with Crippen molar-refractivity contribution in [1.82, 2.24) is 19.9 Å². The van der Waals surface area contributed by atoms with Crippen LogP contribution in [0.15, 0.2) is 95.0 Å². The van der Waals surface area contributed by atoms with E-state index >= 15 is 0 Å². The van der Waals surface area contributed by atoms with Crippen LogP contribution in [0, 0.1) is 0 Å². The number of hydrogen-bond acceptors (Lipinski definition) is 7. The van der Waals surface area contributed by atoms with Crippen LogP contribution in [0.1, 0.15) is 56.4 Å². The average Bonchev–Trinajstić information content (AvgIpc) is 3.72. The molecular formula is C40H49IN6O2S. The van der Waals surface area contributed by atoms with Gasteiger partial charge in [-0.1, -0.05) is 73.6 Å². The molecule has 0 fully saturated rings. The van der Waals surface area contributed by atoms with Crippen molar-refractivity contribution < 1.29 is 38.4 Å². The summed E-state index contributed by atoms with van der Waals surface area (Å²) in [6.45, 7) is 10.0. The fourth-order valence-corrected chi connectivity index (χ4v) is 7.61. The van der Waals surface area contributed by atoms with E-state index in [1.807, 2.05) is 22.6 Å². The van der Waals surface area contributed by atoms with Gasteiger partial charge in [-0.15, -0.1) is 5.10 Å². The van der Waals surface area contributed by atoms with Crippen molar-refractivity contribution in [2.45, 2.75) is 70.7 Å². The SMILES string of the molecule is CCN(CC)Cc1ccc(-c2cc(C=C3Sc4ccccc4N3C)c3ccccc3[n+]2CCCCCCn2cc(COCCO)nn2)cc1.[I-]. The number of fused-ring (bicyclic) bond motifs is 2. The molecule has 0 saturated carbocycles. The summed E-state index contributed by atoms with van der Waals surface area (Å²) in [6.07, 6.45) is 8.70. The van der Waals surface area contributed by atoms with E-state index in [-0.39, 0.29) is 30.6 Å². The van der Waals surface area contributed by atoms with E-state index in [1.54, 1.807) is 0 Å². The van der Waals surface area contributed by atoms with Crippen molar-refractivity contribution in [3.8, 4) is 11.3 Å². The Morgan fingerprint density at radius 1 is 0.940 bits per heavy atom. The van der Waals surface area contributed by atoms with Gasteiger partial charge in [-0.2, -0.15) is 4.57 Å². The maximum absolute atomic E-state index is 8.91. The number of aliphatic hydroxyl groups excluding tert-OH is 1. The van der Waals surface area contributed by atoms with Crippen molar-refractivity contribution in [2.24, 2.45) is 0 Å². The van der Waals surface area contributed by atoms with Gasteiger partial charge in [0.2, 0.25) is 11.2 Å². The largest absolute Gasteiger partial charge is 1.00 e. The predicted octanol–water partition coefficient (Wildman–Crippen LogP) is 4.54. The number of para-hydroxylation sites is 2.